The molecule has 0 bridgehead atoms. The first-order valence-corrected chi connectivity index (χ1v) is 7.57. The van der Waals surface area contributed by atoms with Gasteiger partial charge in [0.2, 0.25) is 0 Å². The Kier molecular flexibility index (Phi) is 4.87. The van der Waals surface area contributed by atoms with Crippen LogP contribution in [-0.4, -0.2) is 19.1 Å². The van der Waals surface area contributed by atoms with Gasteiger partial charge in [-0.05, 0) is 60.6 Å². The molecule has 1 N–H and O–H groups in total. The van der Waals surface area contributed by atoms with Crippen molar-refractivity contribution >= 4 is 12.0 Å². The fraction of sp³-hybridized carbons (Fsp3) is 0.444. The van der Waals surface area contributed by atoms with E-state index in [4.69, 9.17) is 4.74 Å². The topological polar surface area (TPSA) is 62.1 Å². The third-order valence-electron chi connectivity index (χ3n) is 3.82. The number of nitriles is 1. The van der Waals surface area contributed by atoms with Gasteiger partial charge in [0.25, 0.3) is 5.91 Å². The molecule has 1 aliphatic rings. The smallest absolute Gasteiger partial charge is 0.262 e. The average Bonchev–Trinajstić information content (AvgIpc) is 3.28. The second-order valence-corrected chi connectivity index (χ2v) is 6.02. The van der Waals surface area contributed by atoms with Crippen LogP contribution in [0.15, 0.2) is 17.7 Å². The summed E-state index contributed by atoms with van der Waals surface area (Å²) >= 11 is 0. The molecular formula is C18H22N2O2. The molecule has 0 saturated heterocycles. The molecule has 0 heterocycles. The Morgan fingerprint density at radius 3 is 2.64 bits per heavy atom. The number of ether oxygens (including phenoxy) is 1. The fourth-order valence-corrected chi connectivity index (χ4v) is 2.29. The van der Waals surface area contributed by atoms with Gasteiger partial charge in [-0.2, -0.15) is 5.26 Å². The summed E-state index contributed by atoms with van der Waals surface area (Å²) in [5.41, 5.74) is 3.08. The predicted molar refractivity (Wildman–Crippen MR) is 86.6 cm³/mol. The minimum absolute atomic E-state index is 0.148. The lowest BCUT2D eigenvalue weighted by Crippen LogP contribution is -2.26. The Morgan fingerprint density at radius 1 is 1.45 bits per heavy atom. The first-order chi connectivity index (χ1) is 10.5. The molecule has 0 aromatic heterocycles. The Morgan fingerprint density at radius 2 is 2.14 bits per heavy atom. The zero-order valence-corrected chi connectivity index (χ0v) is 13.6. The molecule has 1 aromatic rings. The Labute approximate surface area is 131 Å². The molecule has 1 amide bonds. The molecule has 1 aromatic carbocycles. The molecule has 1 saturated carbocycles. The van der Waals surface area contributed by atoms with Crippen molar-refractivity contribution in [2.75, 3.05) is 7.11 Å². The number of carbonyl (C=O) groups is 1. The first-order valence-electron chi connectivity index (χ1n) is 7.57. The molecule has 1 aliphatic carbocycles. The van der Waals surface area contributed by atoms with Crippen LogP contribution in [0.2, 0.25) is 0 Å². The summed E-state index contributed by atoms with van der Waals surface area (Å²) in [6.45, 7) is 6.13. The molecule has 1 fully saturated rings. The monoisotopic (exact) mass is 298 g/mol. The van der Waals surface area contributed by atoms with Crippen molar-refractivity contribution in [1.29, 1.82) is 5.26 Å². The van der Waals surface area contributed by atoms with Gasteiger partial charge < -0.3 is 10.1 Å². The highest BCUT2D eigenvalue weighted by atomic mass is 16.5. The minimum atomic E-state index is -0.286. The molecule has 4 heteroatoms. The van der Waals surface area contributed by atoms with E-state index >= 15 is 0 Å². The van der Waals surface area contributed by atoms with E-state index in [1.54, 1.807) is 13.2 Å². The second-order valence-electron chi connectivity index (χ2n) is 6.02. The van der Waals surface area contributed by atoms with Crippen molar-refractivity contribution in [2.45, 2.75) is 45.6 Å². The summed E-state index contributed by atoms with van der Waals surface area (Å²) in [4.78, 5) is 12.1. The molecule has 0 atom stereocenters. The lowest BCUT2D eigenvalue weighted by Gasteiger charge is -2.15. The van der Waals surface area contributed by atoms with Crippen LogP contribution in [0.25, 0.3) is 6.08 Å². The first kappa shape index (κ1) is 16.1. The number of benzene rings is 1. The maximum absolute atomic E-state index is 12.1. The quantitative estimate of drug-likeness (QED) is 0.670. The van der Waals surface area contributed by atoms with Gasteiger partial charge in [-0.15, -0.1) is 0 Å². The molecule has 0 unspecified atom stereocenters. The number of nitrogens with zero attached hydrogens (tertiary/aromatic N) is 1. The van der Waals surface area contributed by atoms with Gasteiger partial charge in [0.1, 0.15) is 17.4 Å². The van der Waals surface area contributed by atoms with Crippen molar-refractivity contribution in [2.24, 2.45) is 0 Å². The normalized spacial score (nSPS) is 14.6. The third-order valence-corrected chi connectivity index (χ3v) is 3.82. The second kappa shape index (κ2) is 6.65. The van der Waals surface area contributed by atoms with Crippen LogP contribution < -0.4 is 10.1 Å². The van der Waals surface area contributed by atoms with E-state index in [0.717, 1.165) is 35.3 Å². The van der Waals surface area contributed by atoms with Crippen LogP contribution in [0.4, 0.5) is 0 Å². The van der Waals surface area contributed by atoms with E-state index in [1.165, 1.54) is 0 Å². The maximum atomic E-state index is 12.1. The highest BCUT2D eigenvalue weighted by Gasteiger charge is 2.24. The van der Waals surface area contributed by atoms with Crippen LogP contribution in [0, 0.1) is 18.3 Å². The molecule has 0 radical (unpaired) electrons. The van der Waals surface area contributed by atoms with Crippen molar-refractivity contribution in [3.8, 4) is 11.8 Å². The van der Waals surface area contributed by atoms with E-state index in [-0.39, 0.29) is 17.5 Å². The summed E-state index contributed by atoms with van der Waals surface area (Å²) in [6.07, 6.45) is 3.67. The Balaban J connectivity index is 2.37. The molecule has 2 rings (SSSR count). The number of hydrogen-bond donors (Lipinski definition) is 1. The maximum Gasteiger partial charge on any atom is 0.262 e. The van der Waals surface area contributed by atoms with Gasteiger partial charge in [-0.3, -0.25) is 4.79 Å². The number of amides is 1. The van der Waals surface area contributed by atoms with Crippen molar-refractivity contribution in [3.05, 3.63) is 34.4 Å². The van der Waals surface area contributed by atoms with Gasteiger partial charge in [0, 0.05) is 6.04 Å². The predicted octanol–water partition coefficient (Wildman–Crippen LogP) is 3.31. The zero-order valence-electron chi connectivity index (χ0n) is 13.6. The summed E-state index contributed by atoms with van der Waals surface area (Å²) < 4.78 is 5.42. The summed E-state index contributed by atoms with van der Waals surface area (Å²) in [6, 6.07) is 6.20. The summed E-state index contributed by atoms with van der Waals surface area (Å²) in [5.74, 6) is 0.852. The van der Waals surface area contributed by atoms with Crippen molar-refractivity contribution < 1.29 is 9.53 Å². The summed E-state index contributed by atoms with van der Waals surface area (Å²) in [7, 11) is 1.65. The van der Waals surface area contributed by atoms with Crippen LogP contribution in [0.1, 0.15) is 49.3 Å². The molecule has 116 valence electrons. The SMILES string of the molecule is COc1cc(C)c(/C=C(\C#N)C(=O)NC2CC2)cc1C(C)C. The lowest BCUT2D eigenvalue weighted by molar-refractivity contribution is -0.117. The molecule has 0 spiro atoms. The molecule has 0 aliphatic heterocycles. The highest BCUT2D eigenvalue weighted by molar-refractivity contribution is 6.02. The zero-order chi connectivity index (χ0) is 16.3. The standard InChI is InChI=1S/C18H22N2O2/c1-11(2)16-9-13(12(3)7-17(16)22-4)8-14(10-19)18(21)20-15-5-6-15/h7-9,11,15H,5-6H2,1-4H3,(H,20,21)/b14-8+. The van der Waals surface area contributed by atoms with E-state index in [1.807, 2.05) is 25.1 Å². The van der Waals surface area contributed by atoms with Crippen molar-refractivity contribution in [1.82, 2.24) is 5.32 Å². The van der Waals surface area contributed by atoms with Crippen LogP contribution in [0.5, 0.6) is 5.75 Å². The number of nitrogens with one attached hydrogen (secondary N) is 1. The van der Waals surface area contributed by atoms with Crippen LogP contribution in [0.3, 0.4) is 0 Å². The molecule has 22 heavy (non-hydrogen) atoms. The van der Waals surface area contributed by atoms with E-state index in [9.17, 15) is 10.1 Å². The van der Waals surface area contributed by atoms with Crippen LogP contribution >= 0.6 is 0 Å². The fourth-order valence-electron chi connectivity index (χ4n) is 2.29. The lowest BCUT2D eigenvalue weighted by atomic mass is 9.95. The van der Waals surface area contributed by atoms with Crippen LogP contribution in [-0.2, 0) is 4.79 Å². The molecular weight excluding hydrogens is 276 g/mol. The van der Waals surface area contributed by atoms with Gasteiger partial charge >= 0.3 is 0 Å². The Bertz CT molecular complexity index is 650. The number of aryl methyl sites for hydroxylation is 1. The average molecular weight is 298 g/mol. The van der Waals surface area contributed by atoms with E-state index < -0.39 is 0 Å². The van der Waals surface area contributed by atoms with Gasteiger partial charge in [0.15, 0.2) is 0 Å². The molecule has 4 nitrogen and oxygen atoms in total. The number of rotatable bonds is 5. The summed E-state index contributed by atoms with van der Waals surface area (Å²) in [5, 5.41) is 12.1. The highest BCUT2D eigenvalue weighted by Crippen LogP contribution is 2.30. The van der Waals surface area contributed by atoms with E-state index in [2.05, 4.69) is 19.2 Å². The van der Waals surface area contributed by atoms with Crippen molar-refractivity contribution in [3.63, 3.8) is 0 Å². The number of methoxy groups -OCH3 is 1. The number of hydrogen-bond acceptors (Lipinski definition) is 3. The van der Waals surface area contributed by atoms with Gasteiger partial charge in [-0.1, -0.05) is 13.8 Å². The largest absolute Gasteiger partial charge is 0.496 e. The Hall–Kier alpha value is -2.28. The third kappa shape index (κ3) is 3.67. The van der Waals surface area contributed by atoms with E-state index in [0.29, 0.717) is 5.92 Å². The number of carbonyl (C=O) groups excluding carboxylic acids is 1. The minimum Gasteiger partial charge on any atom is -0.496 e. The van der Waals surface area contributed by atoms with Gasteiger partial charge in [0.05, 0.1) is 7.11 Å². The van der Waals surface area contributed by atoms with Gasteiger partial charge in [-0.25, -0.2) is 0 Å².